The van der Waals surface area contributed by atoms with Gasteiger partial charge in [-0.1, -0.05) is 78.9 Å². The predicted molar refractivity (Wildman–Crippen MR) is 129 cm³/mol. The first-order chi connectivity index (χ1) is 14.2. The molecule has 5 aromatic carbocycles. The van der Waals surface area contributed by atoms with Gasteiger partial charge in [0.15, 0.2) is 0 Å². The van der Waals surface area contributed by atoms with Crippen LogP contribution >= 0.6 is 11.3 Å². The van der Waals surface area contributed by atoms with Gasteiger partial charge in [-0.2, -0.15) is 0 Å². The average molecular weight is 389 g/mol. The van der Waals surface area contributed by atoms with Crippen LogP contribution in [0.3, 0.4) is 0 Å². The first-order valence-corrected chi connectivity index (χ1v) is 10.9. The highest BCUT2D eigenvalue weighted by Crippen LogP contribution is 2.47. The third-order valence-corrected chi connectivity index (χ3v) is 7.45. The van der Waals surface area contributed by atoms with E-state index in [4.69, 9.17) is 0 Å². The van der Waals surface area contributed by atoms with Gasteiger partial charge in [0.1, 0.15) is 0 Å². The Balaban J connectivity index is 1.91. The monoisotopic (exact) mass is 388 g/mol. The molecule has 0 radical (unpaired) electrons. The van der Waals surface area contributed by atoms with Crippen LogP contribution in [0.5, 0.6) is 0 Å². The van der Waals surface area contributed by atoms with E-state index in [1.165, 1.54) is 64.0 Å². The smallest absolute Gasteiger partial charge is 0.0397 e. The summed E-state index contributed by atoms with van der Waals surface area (Å²) in [4.78, 5) is 0. The molecule has 0 N–H and O–H groups in total. The molecule has 1 aromatic heterocycles. The van der Waals surface area contributed by atoms with E-state index < -0.39 is 0 Å². The Morgan fingerprint density at radius 2 is 1.28 bits per heavy atom. The molecule has 0 bridgehead atoms. The second kappa shape index (κ2) is 6.17. The molecule has 0 amide bonds. The highest BCUT2D eigenvalue weighted by molar-refractivity contribution is 7.26. The van der Waals surface area contributed by atoms with Crippen molar-refractivity contribution in [3.63, 3.8) is 0 Å². The number of rotatable bonds is 1. The molecule has 1 heteroatoms. The fourth-order valence-electron chi connectivity index (χ4n) is 4.83. The summed E-state index contributed by atoms with van der Waals surface area (Å²) in [5.74, 6) is 0. The van der Waals surface area contributed by atoms with Crippen LogP contribution in [-0.2, 0) is 0 Å². The quantitative estimate of drug-likeness (QED) is 0.264. The SMILES string of the molecule is Cc1ccccc1-c1c(C)c2sc3ccc4ccccc4c3c2c2ccccc12. The van der Waals surface area contributed by atoms with Gasteiger partial charge in [-0.25, -0.2) is 0 Å². The largest absolute Gasteiger partial charge is 0.135 e. The molecule has 0 aliphatic rings. The van der Waals surface area contributed by atoms with Crippen LogP contribution in [0.25, 0.3) is 52.8 Å². The van der Waals surface area contributed by atoms with Crippen molar-refractivity contribution in [1.29, 1.82) is 0 Å². The van der Waals surface area contributed by atoms with Crippen LogP contribution in [-0.4, -0.2) is 0 Å². The van der Waals surface area contributed by atoms with Crippen LogP contribution in [0, 0.1) is 13.8 Å². The molecule has 0 saturated heterocycles. The number of hydrogen-bond donors (Lipinski definition) is 0. The summed E-state index contributed by atoms with van der Waals surface area (Å²) in [5, 5.41) is 8.17. The lowest BCUT2D eigenvalue weighted by atomic mass is 9.89. The molecular formula is C28H20S. The zero-order valence-corrected chi connectivity index (χ0v) is 17.3. The second-order valence-corrected chi connectivity index (χ2v) is 8.88. The van der Waals surface area contributed by atoms with Gasteiger partial charge in [0, 0.05) is 20.2 Å². The molecule has 29 heavy (non-hydrogen) atoms. The molecular weight excluding hydrogens is 368 g/mol. The van der Waals surface area contributed by atoms with Crippen molar-refractivity contribution in [1.82, 2.24) is 0 Å². The normalized spacial score (nSPS) is 11.8. The van der Waals surface area contributed by atoms with Gasteiger partial charge in [-0.05, 0) is 63.7 Å². The molecule has 138 valence electrons. The van der Waals surface area contributed by atoms with Crippen molar-refractivity contribution in [2.24, 2.45) is 0 Å². The number of hydrogen-bond acceptors (Lipinski definition) is 1. The van der Waals surface area contributed by atoms with Crippen LogP contribution < -0.4 is 0 Å². The maximum absolute atomic E-state index is 2.30. The third-order valence-electron chi connectivity index (χ3n) is 6.18. The van der Waals surface area contributed by atoms with Gasteiger partial charge in [0.2, 0.25) is 0 Å². The fraction of sp³-hybridized carbons (Fsp3) is 0.0714. The summed E-state index contributed by atoms with van der Waals surface area (Å²) in [7, 11) is 0. The van der Waals surface area contributed by atoms with Crippen molar-refractivity contribution in [3.8, 4) is 11.1 Å². The summed E-state index contributed by atoms with van der Waals surface area (Å²) >= 11 is 1.93. The summed E-state index contributed by atoms with van der Waals surface area (Å²) in [6, 6.07) is 31.0. The second-order valence-electron chi connectivity index (χ2n) is 7.83. The van der Waals surface area contributed by atoms with Crippen LogP contribution in [0.4, 0.5) is 0 Å². The number of benzene rings is 5. The van der Waals surface area contributed by atoms with Crippen molar-refractivity contribution in [3.05, 3.63) is 96.1 Å². The highest BCUT2D eigenvalue weighted by atomic mass is 32.1. The first-order valence-electron chi connectivity index (χ1n) is 10.1. The molecule has 6 rings (SSSR count). The number of thiophene rings is 1. The van der Waals surface area contributed by atoms with Gasteiger partial charge in [-0.3, -0.25) is 0 Å². The maximum atomic E-state index is 2.30. The van der Waals surface area contributed by atoms with E-state index in [0.717, 1.165) is 0 Å². The van der Waals surface area contributed by atoms with E-state index in [2.05, 4.69) is 98.8 Å². The van der Waals surface area contributed by atoms with E-state index in [-0.39, 0.29) is 0 Å². The van der Waals surface area contributed by atoms with Gasteiger partial charge < -0.3 is 0 Å². The topological polar surface area (TPSA) is 0 Å². The lowest BCUT2D eigenvalue weighted by Gasteiger charge is -2.15. The average Bonchev–Trinajstić information content (AvgIpc) is 3.16. The lowest BCUT2D eigenvalue weighted by Crippen LogP contribution is -1.90. The minimum Gasteiger partial charge on any atom is -0.135 e. The molecule has 6 aromatic rings. The number of aryl methyl sites for hydroxylation is 2. The van der Waals surface area contributed by atoms with Crippen molar-refractivity contribution in [2.75, 3.05) is 0 Å². The van der Waals surface area contributed by atoms with Gasteiger partial charge in [0.05, 0.1) is 0 Å². The van der Waals surface area contributed by atoms with Crippen LogP contribution in [0.2, 0.25) is 0 Å². The van der Waals surface area contributed by atoms with Crippen molar-refractivity contribution >= 4 is 53.1 Å². The Labute approximate surface area is 174 Å². The Morgan fingerprint density at radius 1 is 0.586 bits per heavy atom. The van der Waals surface area contributed by atoms with Gasteiger partial charge in [-0.15, -0.1) is 11.3 Å². The number of fused-ring (bicyclic) bond motifs is 7. The Hall–Kier alpha value is -3.16. The van der Waals surface area contributed by atoms with E-state index in [1.54, 1.807) is 0 Å². The minimum atomic E-state index is 1.31. The molecule has 0 atom stereocenters. The molecule has 0 nitrogen and oxygen atoms in total. The maximum Gasteiger partial charge on any atom is 0.0397 e. The third kappa shape index (κ3) is 2.31. The van der Waals surface area contributed by atoms with E-state index in [0.29, 0.717) is 0 Å². The van der Waals surface area contributed by atoms with Crippen LogP contribution in [0.1, 0.15) is 11.1 Å². The zero-order valence-electron chi connectivity index (χ0n) is 16.5. The van der Waals surface area contributed by atoms with Crippen LogP contribution in [0.15, 0.2) is 84.9 Å². The molecule has 1 heterocycles. The Bertz CT molecular complexity index is 1570. The Kier molecular flexibility index (Phi) is 3.57. The minimum absolute atomic E-state index is 1.31. The van der Waals surface area contributed by atoms with E-state index in [1.807, 2.05) is 11.3 Å². The van der Waals surface area contributed by atoms with E-state index in [9.17, 15) is 0 Å². The molecule has 0 aliphatic heterocycles. The fourth-order valence-corrected chi connectivity index (χ4v) is 6.06. The summed E-state index contributed by atoms with van der Waals surface area (Å²) < 4.78 is 2.78. The first kappa shape index (κ1) is 16.8. The zero-order chi connectivity index (χ0) is 19.5. The summed E-state index contributed by atoms with van der Waals surface area (Å²) in [6.45, 7) is 4.51. The van der Waals surface area contributed by atoms with Gasteiger partial charge in [0.25, 0.3) is 0 Å². The van der Waals surface area contributed by atoms with E-state index >= 15 is 0 Å². The standard InChI is InChI=1S/C28H20S/c1-17-9-3-5-11-20(17)25-18(2)28-27(23-14-8-7-13-22(23)25)26-21-12-6-4-10-19(21)15-16-24(26)29-28/h3-16H,1-2H3. The molecule has 0 saturated carbocycles. The lowest BCUT2D eigenvalue weighted by molar-refractivity contribution is 1.45. The predicted octanol–water partition coefficient (Wildman–Crippen LogP) is 8.64. The Morgan fingerprint density at radius 3 is 2.10 bits per heavy atom. The highest BCUT2D eigenvalue weighted by Gasteiger charge is 2.19. The molecule has 0 unspecified atom stereocenters. The summed E-state index contributed by atoms with van der Waals surface area (Å²) in [5.41, 5.74) is 5.43. The molecule has 0 fully saturated rings. The van der Waals surface area contributed by atoms with Crippen molar-refractivity contribution < 1.29 is 0 Å². The molecule has 0 aliphatic carbocycles. The van der Waals surface area contributed by atoms with Gasteiger partial charge >= 0.3 is 0 Å². The molecule has 0 spiro atoms. The summed E-state index contributed by atoms with van der Waals surface area (Å²) in [6.07, 6.45) is 0. The van der Waals surface area contributed by atoms with Crippen molar-refractivity contribution in [2.45, 2.75) is 13.8 Å².